The molecule has 3 unspecified atom stereocenters. The first-order valence-corrected chi connectivity index (χ1v) is 12.2. The molecule has 3 aliphatic rings. The zero-order valence-corrected chi connectivity index (χ0v) is 19.5. The molecule has 0 saturated heterocycles. The monoisotopic (exact) mass is 420 g/mol. The molecule has 0 amide bonds. The highest BCUT2D eigenvalue weighted by Gasteiger charge is 2.50. The summed E-state index contributed by atoms with van der Waals surface area (Å²) in [4.78, 5) is 0. The molecule has 5 atom stereocenters. The van der Waals surface area contributed by atoms with Crippen molar-refractivity contribution in [2.75, 3.05) is 0 Å². The van der Waals surface area contributed by atoms with E-state index >= 15 is 0 Å². The van der Waals surface area contributed by atoms with E-state index in [1.54, 1.807) is 6.08 Å². The predicted molar refractivity (Wildman–Crippen MR) is 122 cm³/mol. The second-order valence-corrected chi connectivity index (χ2v) is 11.0. The van der Waals surface area contributed by atoms with Crippen LogP contribution in [0.5, 0.6) is 0 Å². The number of rotatable bonds is 6. The Labute approximate surface area is 182 Å². The molecule has 3 rings (SSSR count). The number of hydrogen-bond donors (Lipinski definition) is 1. The summed E-state index contributed by atoms with van der Waals surface area (Å²) < 4.78 is 29.1. The van der Waals surface area contributed by atoms with Crippen LogP contribution >= 0.6 is 0 Å². The lowest BCUT2D eigenvalue weighted by Crippen LogP contribution is -2.39. The van der Waals surface area contributed by atoms with E-state index in [0.29, 0.717) is 23.3 Å². The second kappa shape index (κ2) is 9.27. The number of alkyl halides is 2. The zero-order chi connectivity index (χ0) is 22.1. The standard InChI is InChI=1S/C27H42F2O/c1-18(2)8-6-9-19(3)22-14-15-24-21(10-7-17-26(22,24)5)12-13-23-20(4)11-16-25(30)27(23,28)29/h12-13,18-19,22,24-25,30H,4,6-11,14-17H2,1-3,5H3/b21-12+,23-13+/t19-,22?,24?,25+,26?/m1/s1. The van der Waals surface area contributed by atoms with E-state index < -0.39 is 12.0 Å². The summed E-state index contributed by atoms with van der Waals surface area (Å²) in [7, 11) is 0. The minimum absolute atomic E-state index is 0.0578. The Hall–Kier alpha value is -0.960. The molecule has 170 valence electrons. The number of aliphatic hydroxyl groups is 1. The van der Waals surface area contributed by atoms with Gasteiger partial charge in [-0.25, -0.2) is 0 Å². The van der Waals surface area contributed by atoms with Crippen LogP contribution in [0.4, 0.5) is 8.78 Å². The van der Waals surface area contributed by atoms with Crippen molar-refractivity contribution in [1.82, 2.24) is 0 Å². The van der Waals surface area contributed by atoms with Gasteiger partial charge in [-0.2, -0.15) is 8.78 Å². The van der Waals surface area contributed by atoms with Gasteiger partial charge in [0, 0.05) is 5.57 Å². The number of hydrogen-bond acceptors (Lipinski definition) is 1. The van der Waals surface area contributed by atoms with Crippen LogP contribution in [0.3, 0.4) is 0 Å². The van der Waals surface area contributed by atoms with Crippen LogP contribution in [0, 0.1) is 29.1 Å². The van der Waals surface area contributed by atoms with Crippen molar-refractivity contribution in [1.29, 1.82) is 0 Å². The molecule has 30 heavy (non-hydrogen) atoms. The fraction of sp³-hybridized carbons (Fsp3) is 0.778. The predicted octanol–water partition coefficient (Wildman–Crippen LogP) is 7.86. The fourth-order valence-electron chi connectivity index (χ4n) is 6.72. The number of aliphatic hydroxyl groups excluding tert-OH is 1. The molecule has 0 bridgehead atoms. The van der Waals surface area contributed by atoms with Crippen LogP contribution in [0.15, 0.2) is 35.5 Å². The van der Waals surface area contributed by atoms with Gasteiger partial charge in [0.15, 0.2) is 0 Å². The summed E-state index contributed by atoms with van der Waals surface area (Å²) in [6, 6.07) is 0. The summed E-state index contributed by atoms with van der Waals surface area (Å²) in [5.74, 6) is -0.440. The maximum Gasteiger partial charge on any atom is 0.298 e. The first-order valence-electron chi connectivity index (χ1n) is 12.2. The van der Waals surface area contributed by atoms with Gasteiger partial charge in [-0.15, -0.1) is 0 Å². The Bertz CT molecular complexity index is 689. The topological polar surface area (TPSA) is 20.2 Å². The Morgan fingerprint density at radius 2 is 1.83 bits per heavy atom. The molecule has 0 aromatic rings. The minimum Gasteiger partial charge on any atom is -0.386 e. The molecule has 0 aromatic carbocycles. The van der Waals surface area contributed by atoms with Gasteiger partial charge >= 0.3 is 0 Å². The van der Waals surface area contributed by atoms with E-state index in [0.717, 1.165) is 30.6 Å². The van der Waals surface area contributed by atoms with Crippen molar-refractivity contribution < 1.29 is 13.9 Å². The smallest absolute Gasteiger partial charge is 0.298 e. The Morgan fingerprint density at radius 1 is 1.10 bits per heavy atom. The van der Waals surface area contributed by atoms with Crippen LogP contribution in [0.1, 0.15) is 91.9 Å². The van der Waals surface area contributed by atoms with Gasteiger partial charge in [0.1, 0.15) is 6.10 Å². The average Bonchev–Trinajstić information content (AvgIpc) is 3.02. The van der Waals surface area contributed by atoms with E-state index in [2.05, 4.69) is 34.3 Å². The lowest BCUT2D eigenvalue weighted by molar-refractivity contribution is -0.0868. The number of allylic oxidation sites excluding steroid dienone is 4. The van der Waals surface area contributed by atoms with E-state index in [4.69, 9.17) is 0 Å². The fourth-order valence-corrected chi connectivity index (χ4v) is 6.72. The summed E-state index contributed by atoms with van der Waals surface area (Å²) in [6.07, 6.45) is 12.3. The molecule has 3 aliphatic carbocycles. The highest BCUT2D eigenvalue weighted by Crippen LogP contribution is 2.60. The maximum atomic E-state index is 14.5. The Balaban J connectivity index is 1.77. The van der Waals surface area contributed by atoms with Crippen LogP contribution in [0.25, 0.3) is 0 Å². The Kier molecular flexibility index (Phi) is 7.32. The third-order valence-corrected chi connectivity index (χ3v) is 8.51. The molecule has 0 radical (unpaired) electrons. The van der Waals surface area contributed by atoms with Crippen LogP contribution in [-0.4, -0.2) is 17.1 Å². The molecule has 0 aliphatic heterocycles. The number of fused-ring (bicyclic) bond motifs is 1. The van der Waals surface area contributed by atoms with Gasteiger partial charge in [-0.05, 0) is 79.6 Å². The highest BCUT2D eigenvalue weighted by molar-refractivity contribution is 5.41. The molecular formula is C27H42F2O. The summed E-state index contributed by atoms with van der Waals surface area (Å²) in [6.45, 7) is 13.4. The third-order valence-electron chi connectivity index (χ3n) is 8.51. The summed E-state index contributed by atoms with van der Waals surface area (Å²) in [5.41, 5.74) is 2.06. The molecular weight excluding hydrogens is 378 g/mol. The van der Waals surface area contributed by atoms with Gasteiger partial charge < -0.3 is 5.11 Å². The van der Waals surface area contributed by atoms with Gasteiger partial charge in [0.05, 0.1) is 0 Å². The van der Waals surface area contributed by atoms with Crippen molar-refractivity contribution >= 4 is 0 Å². The molecule has 3 saturated carbocycles. The highest BCUT2D eigenvalue weighted by atomic mass is 19.3. The first kappa shape index (κ1) is 23.7. The molecule has 1 N–H and O–H groups in total. The molecule has 3 fully saturated rings. The largest absolute Gasteiger partial charge is 0.386 e. The molecule has 0 aromatic heterocycles. The molecule has 0 heterocycles. The van der Waals surface area contributed by atoms with Gasteiger partial charge in [0.25, 0.3) is 5.92 Å². The van der Waals surface area contributed by atoms with E-state index in [1.165, 1.54) is 44.1 Å². The lowest BCUT2D eigenvalue weighted by atomic mass is 9.60. The maximum absolute atomic E-state index is 14.5. The average molecular weight is 421 g/mol. The van der Waals surface area contributed by atoms with Crippen LogP contribution in [0.2, 0.25) is 0 Å². The third kappa shape index (κ3) is 4.61. The quantitative estimate of drug-likeness (QED) is 0.463. The normalized spacial score (nSPS) is 37.7. The summed E-state index contributed by atoms with van der Waals surface area (Å²) >= 11 is 0. The Morgan fingerprint density at radius 3 is 2.53 bits per heavy atom. The van der Waals surface area contributed by atoms with Gasteiger partial charge in [-0.3, -0.25) is 0 Å². The van der Waals surface area contributed by atoms with Crippen molar-refractivity contribution in [3.8, 4) is 0 Å². The van der Waals surface area contributed by atoms with Crippen molar-refractivity contribution in [2.45, 2.75) is 104 Å². The summed E-state index contributed by atoms with van der Waals surface area (Å²) in [5, 5.41) is 9.80. The van der Waals surface area contributed by atoms with Gasteiger partial charge in [0.2, 0.25) is 0 Å². The lowest BCUT2D eigenvalue weighted by Gasteiger charge is -2.44. The second-order valence-electron chi connectivity index (χ2n) is 11.0. The van der Waals surface area contributed by atoms with Crippen molar-refractivity contribution in [2.24, 2.45) is 29.1 Å². The zero-order valence-electron chi connectivity index (χ0n) is 19.5. The first-order chi connectivity index (χ1) is 14.1. The van der Waals surface area contributed by atoms with E-state index in [1.807, 2.05) is 6.08 Å². The SMILES string of the molecule is C=C1CC[C@H](O)C(F)(F)/C1=C/C=C1\CCCC2(C)C1CCC2[C@H](C)CCCC(C)C. The van der Waals surface area contributed by atoms with Crippen molar-refractivity contribution in [3.63, 3.8) is 0 Å². The molecule has 1 nitrogen and oxygen atoms in total. The van der Waals surface area contributed by atoms with Gasteiger partial charge in [-0.1, -0.05) is 71.3 Å². The van der Waals surface area contributed by atoms with Crippen LogP contribution in [-0.2, 0) is 0 Å². The van der Waals surface area contributed by atoms with E-state index in [-0.39, 0.29) is 12.0 Å². The molecule has 3 heteroatoms. The van der Waals surface area contributed by atoms with E-state index in [9.17, 15) is 13.9 Å². The number of halogens is 2. The van der Waals surface area contributed by atoms with Crippen LogP contribution < -0.4 is 0 Å². The van der Waals surface area contributed by atoms with Crippen molar-refractivity contribution in [3.05, 3.63) is 35.5 Å². The molecule has 0 spiro atoms. The minimum atomic E-state index is -3.19.